The van der Waals surface area contributed by atoms with Gasteiger partial charge in [0.15, 0.2) is 0 Å². The van der Waals surface area contributed by atoms with E-state index >= 15 is 0 Å². The molecule has 0 spiro atoms. The van der Waals surface area contributed by atoms with Crippen molar-refractivity contribution in [3.8, 4) is 0 Å². The number of ether oxygens (including phenoxy) is 1. The molecular weight excluding hydrogens is 348 g/mol. The number of nitrogens with zero attached hydrogens (tertiary/aromatic N) is 1. The van der Waals surface area contributed by atoms with Crippen LogP contribution in [0.15, 0.2) is 53.4 Å². The van der Waals surface area contributed by atoms with Crippen molar-refractivity contribution in [3.05, 3.63) is 65.2 Å². The number of morpholine rings is 1. The van der Waals surface area contributed by atoms with Crippen LogP contribution in [0.4, 0.5) is 0 Å². The molecule has 2 aromatic rings. The van der Waals surface area contributed by atoms with Crippen LogP contribution in [0.3, 0.4) is 0 Å². The Morgan fingerprint density at radius 2 is 1.73 bits per heavy atom. The van der Waals surface area contributed by atoms with E-state index in [9.17, 15) is 8.42 Å². The predicted octanol–water partition coefficient (Wildman–Crippen LogP) is 2.66. The normalized spacial score (nSPS) is 17.2. The maximum atomic E-state index is 12.7. The molecule has 1 aliphatic rings. The lowest BCUT2D eigenvalue weighted by Gasteiger charge is -2.35. The lowest BCUT2D eigenvalue weighted by molar-refractivity contribution is 0.0172. The first-order valence-electron chi connectivity index (χ1n) is 8.90. The molecule has 5 nitrogen and oxygen atoms in total. The summed E-state index contributed by atoms with van der Waals surface area (Å²) in [4.78, 5) is 2.59. The molecule has 1 N–H and O–H groups in total. The fourth-order valence-corrected chi connectivity index (χ4v) is 4.33. The maximum absolute atomic E-state index is 12.7. The number of aryl methyl sites for hydroxylation is 2. The molecule has 1 heterocycles. The van der Waals surface area contributed by atoms with Crippen molar-refractivity contribution in [2.24, 2.45) is 0 Å². The van der Waals surface area contributed by atoms with Crippen LogP contribution in [0.25, 0.3) is 0 Å². The van der Waals surface area contributed by atoms with Gasteiger partial charge in [0.05, 0.1) is 18.1 Å². The third kappa shape index (κ3) is 4.71. The standard InChI is InChI=1S/C20H26N2O3S/c1-16-6-8-18(9-7-16)20(22-10-12-25-13-11-22)15-21-26(23,24)19-5-3-4-17(2)14-19/h3-9,14,20-21H,10-13,15H2,1-2H3. The summed E-state index contributed by atoms with van der Waals surface area (Å²) < 4.78 is 33.7. The molecule has 0 saturated carbocycles. The average Bonchev–Trinajstić information content (AvgIpc) is 2.64. The van der Waals surface area contributed by atoms with E-state index in [2.05, 4.69) is 33.9 Å². The van der Waals surface area contributed by atoms with Crippen LogP contribution in [0.5, 0.6) is 0 Å². The van der Waals surface area contributed by atoms with Gasteiger partial charge in [0.25, 0.3) is 0 Å². The van der Waals surface area contributed by atoms with Gasteiger partial charge in [0.2, 0.25) is 10.0 Å². The maximum Gasteiger partial charge on any atom is 0.240 e. The van der Waals surface area contributed by atoms with Crippen molar-refractivity contribution in [1.29, 1.82) is 0 Å². The average molecular weight is 375 g/mol. The van der Waals surface area contributed by atoms with E-state index in [-0.39, 0.29) is 6.04 Å². The minimum atomic E-state index is -3.54. The Bertz CT molecular complexity index is 828. The molecule has 1 saturated heterocycles. The van der Waals surface area contributed by atoms with Crippen LogP contribution in [0.2, 0.25) is 0 Å². The number of sulfonamides is 1. The van der Waals surface area contributed by atoms with Crippen LogP contribution in [-0.2, 0) is 14.8 Å². The van der Waals surface area contributed by atoms with Crippen LogP contribution >= 0.6 is 0 Å². The number of benzene rings is 2. The number of hydrogen-bond acceptors (Lipinski definition) is 4. The fourth-order valence-electron chi connectivity index (χ4n) is 3.19. The molecule has 0 bridgehead atoms. The molecule has 1 aliphatic heterocycles. The van der Waals surface area contributed by atoms with Crippen molar-refractivity contribution in [2.45, 2.75) is 24.8 Å². The van der Waals surface area contributed by atoms with Gasteiger partial charge in [-0.25, -0.2) is 13.1 Å². The highest BCUT2D eigenvalue weighted by atomic mass is 32.2. The van der Waals surface area contributed by atoms with Crippen LogP contribution < -0.4 is 4.72 Å². The van der Waals surface area contributed by atoms with Crippen LogP contribution in [-0.4, -0.2) is 46.2 Å². The Morgan fingerprint density at radius 1 is 1.04 bits per heavy atom. The highest BCUT2D eigenvalue weighted by Gasteiger charge is 2.25. The van der Waals surface area contributed by atoms with Gasteiger partial charge in [-0.1, -0.05) is 42.0 Å². The number of hydrogen-bond donors (Lipinski definition) is 1. The van der Waals surface area contributed by atoms with Crippen LogP contribution in [0.1, 0.15) is 22.7 Å². The quantitative estimate of drug-likeness (QED) is 0.845. The second kappa shape index (κ2) is 8.31. The zero-order valence-corrected chi connectivity index (χ0v) is 16.1. The smallest absolute Gasteiger partial charge is 0.240 e. The zero-order valence-electron chi connectivity index (χ0n) is 15.3. The monoisotopic (exact) mass is 374 g/mol. The minimum absolute atomic E-state index is 0.0147. The highest BCUT2D eigenvalue weighted by Crippen LogP contribution is 2.23. The van der Waals surface area contributed by atoms with E-state index in [4.69, 9.17) is 4.74 Å². The predicted molar refractivity (Wildman–Crippen MR) is 103 cm³/mol. The van der Waals surface area contributed by atoms with E-state index < -0.39 is 10.0 Å². The highest BCUT2D eigenvalue weighted by molar-refractivity contribution is 7.89. The molecule has 1 atom stereocenters. The van der Waals surface area contributed by atoms with Gasteiger partial charge in [-0.05, 0) is 37.1 Å². The topological polar surface area (TPSA) is 58.6 Å². The largest absolute Gasteiger partial charge is 0.379 e. The summed E-state index contributed by atoms with van der Waals surface area (Å²) in [6.45, 7) is 7.21. The lowest BCUT2D eigenvalue weighted by Crippen LogP contribution is -2.43. The Kier molecular flexibility index (Phi) is 6.09. The third-order valence-electron chi connectivity index (χ3n) is 4.72. The van der Waals surface area contributed by atoms with Gasteiger partial charge < -0.3 is 4.74 Å². The molecule has 2 aromatic carbocycles. The molecule has 0 aliphatic carbocycles. The summed E-state index contributed by atoms with van der Waals surface area (Å²) in [6, 6.07) is 15.3. The van der Waals surface area contributed by atoms with Crippen LogP contribution in [0, 0.1) is 13.8 Å². The lowest BCUT2D eigenvalue weighted by atomic mass is 10.0. The summed E-state index contributed by atoms with van der Waals surface area (Å²) in [6.07, 6.45) is 0. The third-order valence-corrected chi connectivity index (χ3v) is 6.14. The van der Waals surface area contributed by atoms with Gasteiger partial charge >= 0.3 is 0 Å². The van der Waals surface area contributed by atoms with Gasteiger partial charge in [-0.15, -0.1) is 0 Å². The summed E-state index contributed by atoms with van der Waals surface area (Å²) in [5.74, 6) is 0. The van der Waals surface area contributed by atoms with Crippen molar-refractivity contribution in [3.63, 3.8) is 0 Å². The zero-order chi connectivity index (χ0) is 18.6. The Balaban J connectivity index is 1.80. The summed E-state index contributed by atoms with van der Waals surface area (Å²) in [5.41, 5.74) is 3.23. The first kappa shape index (κ1) is 19.0. The Labute approximate surface area is 156 Å². The van der Waals surface area contributed by atoms with Gasteiger partial charge in [0.1, 0.15) is 0 Å². The minimum Gasteiger partial charge on any atom is -0.379 e. The summed E-state index contributed by atoms with van der Waals surface area (Å²) in [5, 5.41) is 0. The first-order chi connectivity index (χ1) is 12.5. The van der Waals surface area contributed by atoms with E-state index in [1.54, 1.807) is 18.2 Å². The van der Waals surface area contributed by atoms with E-state index in [0.29, 0.717) is 24.7 Å². The number of nitrogens with one attached hydrogen (secondary N) is 1. The molecule has 0 amide bonds. The van der Waals surface area contributed by atoms with Gasteiger partial charge in [-0.3, -0.25) is 4.90 Å². The Hall–Kier alpha value is -1.73. The Morgan fingerprint density at radius 3 is 2.38 bits per heavy atom. The fraction of sp³-hybridized carbons (Fsp3) is 0.400. The molecule has 3 rings (SSSR count). The van der Waals surface area contributed by atoms with Crippen molar-refractivity contribution < 1.29 is 13.2 Å². The van der Waals surface area contributed by atoms with E-state index in [0.717, 1.165) is 24.2 Å². The first-order valence-corrected chi connectivity index (χ1v) is 10.4. The molecule has 6 heteroatoms. The molecule has 0 aromatic heterocycles. The molecule has 140 valence electrons. The van der Waals surface area contributed by atoms with Gasteiger partial charge in [0, 0.05) is 25.7 Å². The second-order valence-electron chi connectivity index (χ2n) is 6.74. The molecule has 1 fully saturated rings. The van der Waals surface area contributed by atoms with E-state index in [1.165, 1.54) is 5.56 Å². The van der Waals surface area contributed by atoms with Crippen molar-refractivity contribution in [2.75, 3.05) is 32.8 Å². The molecule has 0 radical (unpaired) electrons. The molecular formula is C20H26N2O3S. The summed E-state index contributed by atoms with van der Waals surface area (Å²) >= 11 is 0. The molecule has 1 unspecified atom stereocenters. The van der Waals surface area contributed by atoms with E-state index in [1.807, 2.05) is 19.9 Å². The second-order valence-corrected chi connectivity index (χ2v) is 8.51. The number of rotatable bonds is 6. The van der Waals surface area contributed by atoms with Gasteiger partial charge in [-0.2, -0.15) is 0 Å². The molecule has 26 heavy (non-hydrogen) atoms. The van der Waals surface area contributed by atoms with Crippen molar-refractivity contribution in [1.82, 2.24) is 9.62 Å². The van der Waals surface area contributed by atoms with Crippen molar-refractivity contribution >= 4 is 10.0 Å². The summed E-state index contributed by atoms with van der Waals surface area (Å²) in [7, 11) is -3.54. The SMILES string of the molecule is Cc1ccc(C(CNS(=O)(=O)c2cccc(C)c2)N2CCOCC2)cc1.